The average molecular weight is 557 g/mol. The molecule has 0 aliphatic heterocycles. The van der Waals surface area contributed by atoms with Crippen molar-refractivity contribution >= 4 is 38.6 Å². The molecule has 0 aliphatic carbocycles. The predicted molar refractivity (Wildman–Crippen MR) is 129 cm³/mol. The number of aromatic nitrogens is 3. The van der Waals surface area contributed by atoms with E-state index in [0.29, 0.717) is 5.01 Å². The SMILES string of the molecule is CC(C)(C)c1nc(-c2c(F)ccc(NS(=O)(=O)c3c(F)cccc3F)c2F)c(-c2ccnc(Cl)n2)s1. The largest absolute Gasteiger partial charge is 0.276 e. The van der Waals surface area contributed by atoms with Crippen molar-refractivity contribution in [2.24, 2.45) is 0 Å². The van der Waals surface area contributed by atoms with Gasteiger partial charge in [-0.2, -0.15) is 0 Å². The molecule has 188 valence electrons. The lowest BCUT2D eigenvalue weighted by atomic mass is 9.98. The van der Waals surface area contributed by atoms with Crippen LogP contribution in [0.3, 0.4) is 0 Å². The van der Waals surface area contributed by atoms with E-state index in [-0.39, 0.29) is 21.5 Å². The number of benzene rings is 2. The first-order chi connectivity index (χ1) is 16.8. The average Bonchev–Trinajstić information content (AvgIpc) is 3.21. The Morgan fingerprint density at radius 1 is 0.944 bits per heavy atom. The van der Waals surface area contributed by atoms with Crippen molar-refractivity contribution in [3.63, 3.8) is 0 Å². The maximum atomic E-state index is 15.7. The molecule has 0 bridgehead atoms. The summed E-state index contributed by atoms with van der Waals surface area (Å²) >= 11 is 7.04. The van der Waals surface area contributed by atoms with E-state index in [4.69, 9.17) is 11.6 Å². The number of halogens is 5. The zero-order valence-corrected chi connectivity index (χ0v) is 21.3. The van der Waals surface area contributed by atoms with E-state index in [0.717, 1.165) is 41.7 Å². The third-order valence-corrected chi connectivity index (χ3v) is 7.99. The third-order valence-electron chi connectivity index (χ3n) is 4.89. The van der Waals surface area contributed by atoms with E-state index in [1.165, 1.54) is 12.3 Å². The molecular formula is C23H17ClF4N4O2S2. The molecular weight excluding hydrogens is 540 g/mol. The number of hydrogen-bond acceptors (Lipinski definition) is 6. The third kappa shape index (κ3) is 4.93. The number of hydrogen-bond donors (Lipinski definition) is 1. The summed E-state index contributed by atoms with van der Waals surface area (Å²) in [5, 5.41) is 0.416. The Morgan fingerprint density at radius 3 is 2.22 bits per heavy atom. The van der Waals surface area contributed by atoms with E-state index in [1.54, 1.807) is 4.72 Å². The van der Waals surface area contributed by atoms with Crippen LogP contribution in [-0.4, -0.2) is 23.4 Å². The minimum atomic E-state index is -4.91. The van der Waals surface area contributed by atoms with Crippen molar-refractivity contribution in [2.45, 2.75) is 31.1 Å². The highest BCUT2D eigenvalue weighted by Gasteiger charge is 2.30. The van der Waals surface area contributed by atoms with Gasteiger partial charge in [0, 0.05) is 11.6 Å². The van der Waals surface area contributed by atoms with E-state index in [2.05, 4.69) is 15.0 Å². The van der Waals surface area contributed by atoms with Gasteiger partial charge in [-0.05, 0) is 41.9 Å². The first-order valence-electron chi connectivity index (χ1n) is 10.2. The lowest BCUT2D eigenvalue weighted by molar-refractivity contribution is 0.520. The van der Waals surface area contributed by atoms with Crippen LogP contribution < -0.4 is 4.72 Å². The van der Waals surface area contributed by atoms with Crippen LogP contribution in [0.25, 0.3) is 21.8 Å². The highest BCUT2D eigenvalue weighted by molar-refractivity contribution is 7.92. The Hall–Kier alpha value is -3.09. The lowest BCUT2D eigenvalue weighted by Gasteiger charge is -2.14. The Bertz CT molecular complexity index is 1570. The van der Waals surface area contributed by atoms with Gasteiger partial charge in [0.2, 0.25) is 5.28 Å². The molecule has 36 heavy (non-hydrogen) atoms. The van der Waals surface area contributed by atoms with Crippen molar-refractivity contribution in [3.8, 4) is 21.8 Å². The van der Waals surface area contributed by atoms with Crippen molar-refractivity contribution in [3.05, 3.63) is 76.2 Å². The first-order valence-corrected chi connectivity index (χ1v) is 12.9. The quantitative estimate of drug-likeness (QED) is 0.222. The normalized spacial score (nSPS) is 12.1. The molecule has 0 aliphatic rings. The van der Waals surface area contributed by atoms with Crippen molar-refractivity contribution in [2.75, 3.05) is 4.72 Å². The van der Waals surface area contributed by atoms with Gasteiger partial charge in [-0.1, -0.05) is 26.8 Å². The summed E-state index contributed by atoms with van der Waals surface area (Å²) in [7, 11) is -4.91. The number of sulfonamides is 1. The van der Waals surface area contributed by atoms with Crippen LogP contribution in [0.2, 0.25) is 5.28 Å². The van der Waals surface area contributed by atoms with Gasteiger partial charge in [0.1, 0.15) is 17.5 Å². The minimum Gasteiger partial charge on any atom is -0.276 e. The van der Waals surface area contributed by atoms with Crippen molar-refractivity contribution in [1.82, 2.24) is 15.0 Å². The van der Waals surface area contributed by atoms with Gasteiger partial charge >= 0.3 is 0 Å². The Balaban J connectivity index is 1.90. The molecule has 0 fully saturated rings. The first kappa shape index (κ1) is 26.0. The van der Waals surface area contributed by atoms with Crippen LogP contribution in [0.5, 0.6) is 0 Å². The van der Waals surface area contributed by atoms with Crippen LogP contribution >= 0.6 is 22.9 Å². The van der Waals surface area contributed by atoms with Gasteiger partial charge in [0.25, 0.3) is 10.0 Å². The zero-order valence-electron chi connectivity index (χ0n) is 18.9. The topological polar surface area (TPSA) is 84.8 Å². The predicted octanol–water partition coefficient (Wildman–Crippen LogP) is 6.58. The van der Waals surface area contributed by atoms with Gasteiger partial charge in [0.05, 0.1) is 32.5 Å². The second-order valence-electron chi connectivity index (χ2n) is 8.60. The molecule has 0 spiro atoms. The smallest absolute Gasteiger partial charge is 0.267 e. The van der Waals surface area contributed by atoms with Gasteiger partial charge in [-0.15, -0.1) is 11.3 Å². The fraction of sp³-hybridized carbons (Fsp3) is 0.174. The molecule has 4 rings (SSSR count). The molecule has 2 heterocycles. The van der Waals surface area contributed by atoms with Crippen molar-refractivity contribution < 1.29 is 26.0 Å². The summed E-state index contributed by atoms with van der Waals surface area (Å²) in [6, 6.07) is 5.58. The fourth-order valence-corrected chi connectivity index (χ4v) is 5.67. The summed E-state index contributed by atoms with van der Waals surface area (Å²) in [6.07, 6.45) is 1.37. The number of nitrogens with one attached hydrogen (secondary N) is 1. The second-order valence-corrected chi connectivity index (χ2v) is 11.6. The lowest BCUT2D eigenvalue weighted by Crippen LogP contribution is -2.17. The van der Waals surface area contributed by atoms with Crippen LogP contribution in [0.1, 0.15) is 25.8 Å². The van der Waals surface area contributed by atoms with Gasteiger partial charge in [-0.3, -0.25) is 4.72 Å². The number of nitrogens with zero attached hydrogens (tertiary/aromatic N) is 3. The second kappa shape index (κ2) is 9.41. The zero-order chi connectivity index (χ0) is 26.4. The Morgan fingerprint density at radius 2 is 1.61 bits per heavy atom. The van der Waals surface area contributed by atoms with E-state index >= 15 is 8.78 Å². The van der Waals surface area contributed by atoms with Crippen molar-refractivity contribution in [1.29, 1.82) is 0 Å². The summed E-state index contributed by atoms with van der Waals surface area (Å²) in [6.45, 7) is 5.56. The maximum absolute atomic E-state index is 15.7. The molecule has 0 atom stereocenters. The fourth-order valence-electron chi connectivity index (χ4n) is 3.23. The van der Waals surface area contributed by atoms with Gasteiger partial charge < -0.3 is 0 Å². The van der Waals surface area contributed by atoms with Crippen LogP contribution in [0, 0.1) is 23.3 Å². The van der Waals surface area contributed by atoms with Crippen LogP contribution in [0.4, 0.5) is 23.2 Å². The van der Waals surface area contributed by atoms with E-state index in [9.17, 15) is 17.2 Å². The standard InChI is InChI=1S/C23H17ClF4N4O2S2/c1-23(2,3)21-31-18(19(35-21)15-9-10-29-22(24)30-15)16-11(25)7-8-14(17(16)28)32-36(33,34)20-12(26)5-4-6-13(20)27/h4-10,32H,1-3H3. The number of rotatable bonds is 5. The molecule has 0 unspecified atom stereocenters. The highest BCUT2D eigenvalue weighted by atomic mass is 35.5. The van der Waals surface area contributed by atoms with Gasteiger partial charge in [0.15, 0.2) is 10.7 Å². The molecule has 0 radical (unpaired) electrons. The highest BCUT2D eigenvalue weighted by Crippen LogP contribution is 2.43. The van der Waals surface area contributed by atoms with Crippen LogP contribution in [0.15, 0.2) is 47.5 Å². The van der Waals surface area contributed by atoms with Crippen LogP contribution in [-0.2, 0) is 15.4 Å². The molecule has 0 amide bonds. The van der Waals surface area contributed by atoms with E-state index < -0.39 is 54.9 Å². The molecule has 4 aromatic rings. The molecule has 13 heteroatoms. The molecule has 2 aromatic heterocycles. The number of thiazole rings is 1. The Labute approximate surface area is 213 Å². The summed E-state index contributed by atoms with van der Waals surface area (Å²) < 4.78 is 86.1. The number of anilines is 1. The molecule has 6 nitrogen and oxygen atoms in total. The summed E-state index contributed by atoms with van der Waals surface area (Å²) in [4.78, 5) is 11.3. The summed E-state index contributed by atoms with van der Waals surface area (Å²) in [5.74, 6) is -5.12. The maximum Gasteiger partial charge on any atom is 0.267 e. The van der Waals surface area contributed by atoms with Gasteiger partial charge in [-0.25, -0.2) is 40.9 Å². The minimum absolute atomic E-state index is 0.0986. The molecule has 1 N–H and O–H groups in total. The molecule has 0 saturated carbocycles. The molecule has 0 saturated heterocycles. The summed E-state index contributed by atoms with van der Waals surface area (Å²) in [5.41, 5.74) is -1.79. The van der Waals surface area contributed by atoms with E-state index in [1.807, 2.05) is 20.8 Å². The molecule has 2 aromatic carbocycles. The monoisotopic (exact) mass is 556 g/mol. The Kier molecular flexibility index (Phi) is 6.80.